The van der Waals surface area contributed by atoms with Crippen molar-refractivity contribution in [1.29, 1.82) is 0 Å². The minimum absolute atomic E-state index is 0.677. The van der Waals surface area contributed by atoms with Crippen molar-refractivity contribution in [3.8, 4) is 0 Å². The van der Waals surface area contributed by atoms with Crippen LogP contribution in [-0.4, -0.2) is 34.4 Å². The summed E-state index contributed by atoms with van der Waals surface area (Å²) in [6.07, 6.45) is 0. The normalized spacial score (nSPS) is 19.2. The highest BCUT2D eigenvalue weighted by atomic mass is 16.4. The van der Waals surface area contributed by atoms with E-state index in [9.17, 15) is 0 Å². The number of nitrogens with one attached hydrogen (secondary N) is 2. The molecule has 9 heavy (non-hydrogen) atoms. The summed E-state index contributed by atoms with van der Waals surface area (Å²) in [5, 5.41) is 6.38. The molecule has 1 fully saturated rings. The van der Waals surface area contributed by atoms with Crippen LogP contribution in [0, 0.1) is 5.92 Å². The largest absolute Gasteiger partial charge is 0.427 e. The molecule has 4 heteroatoms. The summed E-state index contributed by atoms with van der Waals surface area (Å²) in [5.74, 6) is 0.833. The monoisotopic (exact) mass is 128 g/mol. The van der Waals surface area contributed by atoms with Crippen molar-refractivity contribution in [3.05, 3.63) is 0 Å². The van der Waals surface area contributed by atoms with Crippen molar-refractivity contribution in [3.63, 3.8) is 0 Å². The summed E-state index contributed by atoms with van der Waals surface area (Å²) >= 11 is 0. The molecule has 1 aliphatic rings. The zero-order chi connectivity index (χ0) is 6.53. The van der Waals surface area contributed by atoms with Crippen LogP contribution in [0.25, 0.3) is 0 Å². The van der Waals surface area contributed by atoms with Gasteiger partial charge in [0, 0.05) is 20.2 Å². The minimum Gasteiger partial charge on any atom is -0.427 e. The van der Waals surface area contributed by atoms with Crippen molar-refractivity contribution < 1.29 is 4.65 Å². The van der Waals surface area contributed by atoms with Gasteiger partial charge in [-0.05, 0) is 12.5 Å². The second kappa shape index (κ2) is 3.87. The lowest BCUT2D eigenvalue weighted by Gasteiger charge is -2.26. The summed E-state index contributed by atoms with van der Waals surface area (Å²) in [7, 11) is 2.38. The average molecular weight is 128 g/mol. The Labute approximate surface area is 56.5 Å². The molecule has 0 aromatic carbocycles. The molecule has 52 valence electrons. The second-order valence-corrected chi connectivity index (χ2v) is 2.41. The van der Waals surface area contributed by atoms with Crippen LogP contribution in [0.4, 0.5) is 0 Å². The van der Waals surface area contributed by atoms with Crippen molar-refractivity contribution in [2.24, 2.45) is 5.92 Å². The Morgan fingerprint density at radius 2 is 2.56 bits per heavy atom. The molecule has 1 saturated heterocycles. The van der Waals surface area contributed by atoms with Crippen molar-refractivity contribution in [2.75, 3.05) is 26.7 Å². The quantitative estimate of drug-likeness (QED) is 0.365. The zero-order valence-electron chi connectivity index (χ0n) is 5.81. The van der Waals surface area contributed by atoms with Gasteiger partial charge in [0.1, 0.15) is 0 Å². The lowest BCUT2D eigenvalue weighted by Crippen LogP contribution is -2.47. The number of hydrogen-bond donors (Lipinski definition) is 2. The van der Waals surface area contributed by atoms with Crippen LogP contribution in [0.15, 0.2) is 0 Å². The summed E-state index contributed by atoms with van der Waals surface area (Å²) in [5.41, 5.74) is 0. The number of rotatable bonds is 4. The molecule has 3 nitrogen and oxygen atoms in total. The van der Waals surface area contributed by atoms with E-state index in [1.807, 2.05) is 0 Å². The maximum absolute atomic E-state index is 4.83. The average Bonchev–Trinajstić information content (AvgIpc) is 1.76. The Morgan fingerprint density at radius 3 is 3.00 bits per heavy atom. The van der Waals surface area contributed by atoms with E-state index in [-0.39, 0.29) is 0 Å². The van der Waals surface area contributed by atoms with Crippen molar-refractivity contribution in [1.82, 2.24) is 10.5 Å². The third-order valence-corrected chi connectivity index (χ3v) is 1.55. The molecule has 0 aromatic rings. The Morgan fingerprint density at radius 1 is 1.78 bits per heavy atom. The van der Waals surface area contributed by atoms with E-state index in [0.29, 0.717) is 7.62 Å². The summed E-state index contributed by atoms with van der Waals surface area (Å²) in [6.45, 7) is 3.41. The highest BCUT2D eigenvalue weighted by Gasteiger charge is 2.15. The van der Waals surface area contributed by atoms with Crippen LogP contribution in [0.1, 0.15) is 0 Å². The number of hydrogen-bond acceptors (Lipinski definition) is 3. The lowest BCUT2D eigenvalue weighted by molar-refractivity contribution is 0.339. The molecule has 0 amide bonds. The van der Waals surface area contributed by atoms with Crippen LogP contribution in [-0.2, 0) is 4.65 Å². The van der Waals surface area contributed by atoms with Crippen molar-refractivity contribution in [2.45, 2.75) is 0 Å². The highest BCUT2D eigenvalue weighted by molar-refractivity contribution is 6.23. The van der Waals surface area contributed by atoms with Gasteiger partial charge in [0.2, 0.25) is 0 Å². The van der Waals surface area contributed by atoms with Gasteiger partial charge < -0.3 is 15.2 Å². The molecular weight excluding hydrogens is 115 g/mol. The van der Waals surface area contributed by atoms with Gasteiger partial charge in [-0.15, -0.1) is 0 Å². The van der Waals surface area contributed by atoms with Crippen LogP contribution in [0.2, 0.25) is 0 Å². The molecule has 0 atom stereocenters. The Kier molecular flexibility index (Phi) is 3.04. The topological polar surface area (TPSA) is 33.3 Å². The third-order valence-electron chi connectivity index (χ3n) is 1.55. The van der Waals surface area contributed by atoms with E-state index in [2.05, 4.69) is 10.5 Å². The Bertz CT molecular complexity index is 77.4. The first-order chi connectivity index (χ1) is 4.43. The lowest BCUT2D eigenvalue weighted by atomic mass is 10.0. The fraction of sp³-hybridized carbons (Fsp3) is 1.00. The molecule has 0 bridgehead atoms. The summed E-state index contributed by atoms with van der Waals surface area (Å²) in [4.78, 5) is 0. The summed E-state index contributed by atoms with van der Waals surface area (Å²) < 4.78 is 4.83. The SMILES string of the molecule is COBNCC1CNC1. The van der Waals surface area contributed by atoms with E-state index in [0.717, 1.165) is 25.6 Å². The van der Waals surface area contributed by atoms with E-state index < -0.39 is 0 Å². The fourth-order valence-electron chi connectivity index (χ4n) is 0.858. The highest BCUT2D eigenvalue weighted by Crippen LogP contribution is 1.98. The Hall–Kier alpha value is -0.0551. The molecule has 0 spiro atoms. The Balaban J connectivity index is 1.80. The first-order valence-electron chi connectivity index (χ1n) is 3.34. The van der Waals surface area contributed by atoms with E-state index >= 15 is 0 Å². The molecule has 1 heterocycles. The van der Waals surface area contributed by atoms with Gasteiger partial charge in [-0.2, -0.15) is 0 Å². The fourth-order valence-corrected chi connectivity index (χ4v) is 0.858. The first-order valence-corrected chi connectivity index (χ1v) is 3.34. The predicted molar refractivity (Wildman–Crippen MR) is 38.5 cm³/mol. The molecule has 1 aliphatic heterocycles. The van der Waals surface area contributed by atoms with Gasteiger partial charge in [0.15, 0.2) is 0 Å². The van der Waals surface area contributed by atoms with Gasteiger partial charge in [-0.1, -0.05) is 0 Å². The van der Waals surface area contributed by atoms with Gasteiger partial charge in [-0.3, -0.25) is 0 Å². The van der Waals surface area contributed by atoms with Crippen LogP contribution < -0.4 is 10.5 Å². The molecule has 2 N–H and O–H groups in total. The second-order valence-electron chi connectivity index (χ2n) is 2.41. The molecular formula is C5H13BN2O. The predicted octanol–water partition coefficient (Wildman–Crippen LogP) is -1.29. The smallest absolute Gasteiger partial charge is 0.360 e. The molecule has 0 aliphatic carbocycles. The van der Waals surface area contributed by atoms with E-state index in [1.54, 1.807) is 7.11 Å². The van der Waals surface area contributed by atoms with E-state index in [1.165, 1.54) is 0 Å². The third kappa shape index (κ3) is 2.34. The maximum atomic E-state index is 4.83. The van der Waals surface area contributed by atoms with Crippen LogP contribution in [0.5, 0.6) is 0 Å². The van der Waals surface area contributed by atoms with Crippen molar-refractivity contribution >= 4 is 7.62 Å². The standard InChI is InChI=1S/C5H13BN2O/c1-9-6-8-4-5-2-7-3-5/h5-8H,2-4H2,1H3. The van der Waals surface area contributed by atoms with Gasteiger partial charge in [0.25, 0.3) is 0 Å². The molecule has 0 saturated carbocycles. The minimum atomic E-state index is 0.677. The van der Waals surface area contributed by atoms with E-state index in [4.69, 9.17) is 4.65 Å². The summed E-state index contributed by atoms with van der Waals surface area (Å²) in [6, 6.07) is 0. The molecule has 1 rings (SSSR count). The van der Waals surface area contributed by atoms with Crippen LogP contribution in [0.3, 0.4) is 0 Å². The molecule has 0 unspecified atom stereocenters. The van der Waals surface area contributed by atoms with Crippen LogP contribution >= 0.6 is 0 Å². The van der Waals surface area contributed by atoms with Gasteiger partial charge >= 0.3 is 7.62 Å². The van der Waals surface area contributed by atoms with Gasteiger partial charge in [0.05, 0.1) is 0 Å². The molecule has 0 radical (unpaired) electrons. The van der Waals surface area contributed by atoms with Gasteiger partial charge in [-0.25, -0.2) is 0 Å². The zero-order valence-corrected chi connectivity index (χ0v) is 5.81. The molecule has 0 aromatic heterocycles. The maximum Gasteiger partial charge on any atom is 0.360 e. The first kappa shape index (κ1) is 7.06.